The van der Waals surface area contributed by atoms with Crippen LogP contribution in [0.2, 0.25) is 0 Å². The molecule has 134 valence electrons. The lowest BCUT2D eigenvalue weighted by Crippen LogP contribution is -2.39. The van der Waals surface area contributed by atoms with E-state index >= 15 is 0 Å². The molecule has 0 atom stereocenters. The van der Waals surface area contributed by atoms with Gasteiger partial charge in [0, 0.05) is 44.0 Å². The molecule has 0 N–H and O–H groups in total. The van der Waals surface area contributed by atoms with E-state index in [4.69, 9.17) is 4.74 Å². The summed E-state index contributed by atoms with van der Waals surface area (Å²) in [6.07, 6.45) is 6.30. The van der Waals surface area contributed by atoms with E-state index in [0.717, 1.165) is 35.5 Å². The number of aryl methyl sites for hydroxylation is 1. The molecule has 4 rings (SSSR count). The van der Waals surface area contributed by atoms with Crippen molar-refractivity contribution in [2.24, 2.45) is 7.05 Å². The lowest BCUT2D eigenvalue weighted by atomic mass is 10.1. The minimum absolute atomic E-state index is 0.234. The standard InChI is InChI=1S/C19H21N5O2/c1-22-13-16(12-21-22)18-17(15-6-3-2-4-7-15)20-14-24(18)10-9-23-8-5-11-26-19(23)25/h2-4,6-7,12-14H,5,8-11H2,1H3. The maximum atomic E-state index is 11.9. The quantitative estimate of drug-likeness (QED) is 0.709. The highest BCUT2D eigenvalue weighted by atomic mass is 16.6. The zero-order valence-corrected chi connectivity index (χ0v) is 14.7. The van der Waals surface area contributed by atoms with Crippen LogP contribution in [0.5, 0.6) is 0 Å². The van der Waals surface area contributed by atoms with Crippen LogP contribution in [-0.4, -0.2) is 50.0 Å². The summed E-state index contributed by atoms with van der Waals surface area (Å²) in [5, 5.41) is 4.30. The molecule has 1 saturated heterocycles. The number of carbonyl (C=O) groups is 1. The first-order valence-electron chi connectivity index (χ1n) is 8.73. The third kappa shape index (κ3) is 3.20. The molecule has 3 heterocycles. The topological polar surface area (TPSA) is 65.2 Å². The molecule has 7 heteroatoms. The molecule has 0 bridgehead atoms. The normalized spacial score (nSPS) is 14.5. The molecule has 1 fully saturated rings. The number of ether oxygens (including phenoxy) is 1. The van der Waals surface area contributed by atoms with E-state index in [1.807, 2.05) is 44.0 Å². The van der Waals surface area contributed by atoms with E-state index in [2.05, 4.69) is 26.8 Å². The molecular weight excluding hydrogens is 330 g/mol. The summed E-state index contributed by atoms with van der Waals surface area (Å²) in [5.74, 6) is 0. The monoisotopic (exact) mass is 351 g/mol. The van der Waals surface area contributed by atoms with Crippen molar-refractivity contribution in [2.45, 2.75) is 13.0 Å². The van der Waals surface area contributed by atoms with Crippen LogP contribution in [0.4, 0.5) is 4.79 Å². The summed E-state index contributed by atoms with van der Waals surface area (Å²) in [7, 11) is 1.90. The lowest BCUT2D eigenvalue weighted by molar-refractivity contribution is 0.0716. The fourth-order valence-corrected chi connectivity index (χ4v) is 3.23. The fourth-order valence-electron chi connectivity index (χ4n) is 3.23. The maximum Gasteiger partial charge on any atom is 0.409 e. The van der Waals surface area contributed by atoms with Crippen LogP contribution in [0.15, 0.2) is 49.1 Å². The molecule has 1 aromatic carbocycles. The van der Waals surface area contributed by atoms with Crippen molar-refractivity contribution < 1.29 is 9.53 Å². The van der Waals surface area contributed by atoms with Crippen LogP contribution in [0.25, 0.3) is 22.5 Å². The van der Waals surface area contributed by atoms with Gasteiger partial charge in [0.05, 0.1) is 30.5 Å². The van der Waals surface area contributed by atoms with Crippen molar-refractivity contribution in [3.63, 3.8) is 0 Å². The number of hydrogen-bond donors (Lipinski definition) is 0. The zero-order chi connectivity index (χ0) is 17.9. The van der Waals surface area contributed by atoms with Gasteiger partial charge in [-0.1, -0.05) is 30.3 Å². The van der Waals surface area contributed by atoms with E-state index in [-0.39, 0.29) is 6.09 Å². The number of rotatable bonds is 5. The first-order valence-corrected chi connectivity index (χ1v) is 8.73. The number of carbonyl (C=O) groups excluding carboxylic acids is 1. The minimum atomic E-state index is -0.234. The maximum absolute atomic E-state index is 11.9. The molecule has 0 radical (unpaired) electrons. The minimum Gasteiger partial charge on any atom is -0.449 e. The van der Waals surface area contributed by atoms with Crippen molar-refractivity contribution in [3.8, 4) is 22.5 Å². The molecule has 0 unspecified atom stereocenters. The van der Waals surface area contributed by atoms with Gasteiger partial charge in [0.15, 0.2) is 0 Å². The Morgan fingerprint density at radius 3 is 2.73 bits per heavy atom. The third-order valence-corrected chi connectivity index (χ3v) is 4.53. The van der Waals surface area contributed by atoms with E-state index in [1.54, 1.807) is 9.58 Å². The lowest BCUT2D eigenvalue weighted by Gasteiger charge is -2.26. The Bertz CT molecular complexity index is 900. The number of amides is 1. The highest BCUT2D eigenvalue weighted by Crippen LogP contribution is 2.30. The predicted molar refractivity (Wildman–Crippen MR) is 97.4 cm³/mol. The predicted octanol–water partition coefficient (Wildman–Crippen LogP) is 2.79. The number of cyclic esters (lactones) is 1. The number of aromatic nitrogens is 4. The van der Waals surface area contributed by atoms with E-state index < -0.39 is 0 Å². The van der Waals surface area contributed by atoms with Gasteiger partial charge in [-0.05, 0) is 6.42 Å². The number of nitrogens with zero attached hydrogens (tertiary/aromatic N) is 5. The molecule has 0 saturated carbocycles. The van der Waals surface area contributed by atoms with E-state index in [1.165, 1.54) is 0 Å². The first-order chi connectivity index (χ1) is 12.7. The molecule has 26 heavy (non-hydrogen) atoms. The van der Waals surface area contributed by atoms with Crippen LogP contribution < -0.4 is 0 Å². The van der Waals surface area contributed by atoms with E-state index in [0.29, 0.717) is 19.7 Å². The average molecular weight is 351 g/mol. The molecular formula is C19H21N5O2. The van der Waals surface area contributed by atoms with Gasteiger partial charge in [0.25, 0.3) is 0 Å². The van der Waals surface area contributed by atoms with Gasteiger partial charge in [0.1, 0.15) is 0 Å². The molecule has 0 spiro atoms. The van der Waals surface area contributed by atoms with Crippen molar-refractivity contribution in [1.29, 1.82) is 0 Å². The van der Waals surface area contributed by atoms with Gasteiger partial charge in [-0.25, -0.2) is 9.78 Å². The van der Waals surface area contributed by atoms with Crippen molar-refractivity contribution in [1.82, 2.24) is 24.2 Å². The second kappa shape index (κ2) is 7.03. The van der Waals surface area contributed by atoms with Gasteiger partial charge in [0.2, 0.25) is 0 Å². The van der Waals surface area contributed by atoms with Crippen LogP contribution in [0.3, 0.4) is 0 Å². The summed E-state index contributed by atoms with van der Waals surface area (Å²) in [5.41, 5.74) is 3.99. The molecule has 2 aromatic heterocycles. The summed E-state index contributed by atoms with van der Waals surface area (Å²) in [6, 6.07) is 10.1. The molecule has 1 amide bonds. The van der Waals surface area contributed by atoms with Gasteiger partial charge in [-0.15, -0.1) is 0 Å². The van der Waals surface area contributed by atoms with Crippen molar-refractivity contribution >= 4 is 6.09 Å². The van der Waals surface area contributed by atoms with Gasteiger partial charge in [-0.2, -0.15) is 5.10 Å². The highest BCUT2D eigenvalue weighted by Gasteiger charge is 2.21. The Balaban J connectivity index is 1.66. The summed E-state index contributed by atoms with van der Waals surface area (Å²) < 4.78 is 8.99. The first kappa shape index (κ1) is 16.4. The molecule has 1 aliphatic heterocycles. The van der Waals surface area contributed by atoms with Gasteiger partial charge < -0.3 is 14.2 Å². The van der Waals surface area contributed by atoms with Crippen LogP contribution in [0, 0.1) is 0 Å². The number of imidazole rings is 1. The highest BCUT2D eigenvalue weighted by molar-refractivity contribution is 5.78. The van der Waals surface area contributed by atoms with Crippen molar-refractivity contribution in [3.05, 3.63) is 49.1 Å². The van der Waals surface area contributed by atoms with Crippen LogP contribution >= 0.6 is 0 Å². The Morgan fingerprint density at radius 2 is 2.00 bits per heavy atom. The number of benzene rings is 1. The molecule has 0 aliphatic carbocycles. The smallest absolute Gasteiger partial charge is 0.409 e. The molecule has 7 nitrogen and oxygen atoms in total. The fraction of sp³-hybridized carbons (Fsp3) is 0.316. The van der Waals surface area contributed by atoms with Gasteiger partial charge >= 0.3 is 6.09 Å². The largest absolute Gasteiger partial charge is 0.449 e. The van der Waals surface area contributed by atoms with Gasteiger partial charge in [-0.3, -0.25) is 4.68 Å². The van der Waals surface area contributed by atoms with Crippen LogP contribution in [-0.2, 0) is 18.3 Å². The zero-order valence-electron chi connectivity index (χ0n) is 14.7. The molecule has 3 aromatic rings. The summed E-state index contributed by atoms with van der Waals surface area (Å²) in [6.45, 7) is 2.50. The Labute approximate surface area is 151 Å². The Hall–Kier alpha value is -3.09. The summed E-state index contributed by atoms with van der Waals surface area (Å²) in [4.78, 5) is 18.3. The van der Waals surface area contributed by atoms with E-state index in [9.17, 15) is 4.79 Å². The summed E-state index contributed by atoms with van der Waals surface area (Å²) >= 11 is 0. The third-order valence-electron chi connectivity index (χ3n) is 4.53. The second-order valence-electron chi connectivity index (χ2n) is 6.36. The molecule has 1 aliphatic rings. The Morgan fingerprint density at radius 1 is 1.15 bits per heavy atom. The van der Waals surface area contributed by atoms with Crippen molar-refractivity contribution in [2.75, 3.05) is 19.7 Å². The van der Waals surface area contributed by atoms with Crippen LogP contribution in [0.1, 0.15) is 6.42 Å². The SMILES string of the molecule is Cn1cc(-c2c(-c3ccccc3)ncn2CCN2CCCOC2=O)cn1. The average Bonchev–Trinajstić information content (AvgIpc) is 3.27. The Kier molecular flexibility index (Phi) is 4.43. The second-order valence-corrected chi connectivity index (χ2v) is 6.36. The number of hydrogen-bond acceptors (Lipinski definition) is 4.